The summed E-state index contributed by atoms with van der Waals surface area (Å²) in [5.74, 6) is -1.27. The molecule has 0 bridgehead atoms. The number of fused-ring (bicyclic) bond motifs is 1. The molecule has 0 aromatic heterocycles. The molecule has 1 N–H and O–H groups in total. The van der Waals surface area contributed by atoms with Crippen LogP contribution in [0.25, 0.3) is 0 Å². The molecule has 0 saturated carbocycles. The van der Waals surface area contributed by atoms with Crippen LogP contribution in [0.1, 0.15) is 34.6 Å². The molecule has 0 amide bonds. The van der Waals surface area contributed by atoms with Crippen LogP contribution in [0.2, 0.25) is 0 Å². The largest absolute Gasteiger partial charge is 0.395 e. The lowest BCUT2D eigenvalue weighted by Gasteiger charge is -2.35. The van der Waals surface area contributed by atoms with Gasteiger partial charge in [-0.3, -0.25) is 4.90 Å². The fourth-order valence-electron chi connectivity index (χ4n) is 3.76. The van der Waals surface area contributed by atoms with Gasteiger partial charge in [-0.2, -0.15) is 0 Å². The van der Waals surface area contributed by atoms with Crippen LogP contribution in [-0.4, -0.2) is 78.5 Å². The Bertz CT molecular complexity index is 429. The first-order valence-electron chi connectivity index (χ1n) is 8.44. The number of aliphatic hydroxyl groups excluding tert-OH is 1. The lowest BCUT2D eigenvalue weighted by molar-refractivity contribution is -0.228. The molecule has 3 saturated heterocycles. The number of rotatable bonds is 5. The standard InChI is InChI=1S/C16H29NO6/c1-6-17(7-8-18)11-12(10-9-19-15(2,3)21-10)20-14-13(11)22-16(4,5)23-14/h10-14,18H,6-9H2,1-5H3. The van der Waals surface area contributed by atoms with Crippen molar-refractivity contribution in [3.8, 4) is 0 Å². The molecule has 0 aromatic rings. The quantitative estimate of drug-likeness (QED) is 0.795. The van der Waals surface area contributed by atoms with Crippen molar-refractivity contribution in [3.05, 3.63) is 0 Å². The number of nitrogens with zero attached hydrogens (tertiary/aromatic N) is 1. The summed E-state index contributed by atoms with van der Waals surface area (Å²) in [6.07, 6.45) is -1.01. The number of ether oxygens (including phenoxy) is 5. The topological polar surface area (TPSA) is 69.6 Å². The molecular weight excluding hydrogens is 302 g/mol. The second-order valence-electron chi connectivity index (χ2n) is 7.28. The van der Waals surface area contributed by atoms with E-state index in [9.17, 15) is 5.11 Å². The minimum atomic E-state index is -0.663. The lowest BCUT2D eigenvalue weighted by Crippen LogP contribution is -2.53. The Morgan fingerprint density at radius 3 is 2.35 bits per heavy atom. The Morgan fingerprint density at radius 1 is 1.04 bits per heavy atom. The van der Waals surface area contributed by atoms with Crippen LogP contribution in [0.15, 0.2) is 0 Å². The summed E-state index contributed by atoms with van der Waals surface area (Å²) in [6.45, 7) is 11.6. The third-order valence-corrected chi connectivity index (χ3v) is 4.66. The van der Waals surface area contributed by atoms with E-state index in [0.29, 0.717) is 13.2 Å². The highest BCUT2D eigenvalue weighted by molar-refractivity contribution is 5.02. The fourth-order valence-corrected chi connectivity index (χ4v) is 3.76. The predicted molar refractivity (Wildman–Crippen MR) is 81.7 cm³/mol. The van der Waals surface area contributed by atoms with Crippen molar-refractivity contribution in [1.29, 1.82) is 0 Å². The van der Waals surface area contributed by atoms with Crippen molar-refractivity contribution in [2.75, 3.05) is 26.3 Å². The summed E-state index contributed by atoms with van der Waals surface area (Å²) in [4.78, 5) is 2.18. The summed E-state index contributed by atoms with van der Waals surface area (Å²) < 4.78 is 29.8. The Hall–Kier alpha value is -0.280. The van der Waals surface area contributed by atoms with Crippen molar-refractivity contribution >= 4 is 0 Å². The molecule has 5 unspecified atom stereocenters. The van der Waals surface area contributed by atoms with Gasteiger partial charge in [-0.1, -0.05) is 6.92 Å². The highest BCUT2D eigenvalue weighted by atomic mass is 16.8. The van der Waals surface area contributed by atoms with E-state index in [2.05, 4.69) is 11.8 Å². The predicted octanol–water partition coefficient (Wildman–Crippen LogP) is 0.697. The third kappa shape index (κ3) is 3.42. The molecule has 134 valence electrons. The van der Waals surface area contributed by atoms with E-state index < -0.39 is 17.9 Å². The van der Waals surface area contributed by atoms with Gasteiger partial charge >= 0.3 is 0 Å². The number of hydrogen-bond donors (Lipinski definition) is 1. The normalized spacial score (nSPS) is 41.6. The maximum Gasteiger partial charge on any atom is 0.189 e. The number of hydrogen-bond acceptors (Lipinski definition) is 7. The van der Waals surface area contributed by atoms with Crippen LogP contribution in [0.4, 0.5) is 0 Å². The average molecular weight is 331 g/mol. The molecule has 0 aromatic carbocycles. The Kier molecular flexibility index (Phi) is 4.74. The fraction of sp³-hybridized carbons (Fsp3) is 1.00. The minimum Gasteiger partial charge on any atom is -0.395 e. The van der Waals surface area contributed by atoms with Crippen molar-refractivity contribution in [2.45, 2.75) is 76.8 Å². The molecule has 0 aliphatic carbocycles. The second kappa shape index (κ2) is 6.22. The zero-order chi connectivity index (χ0) is 16.8. The zero-order valence-electron chi connectivity index (χ0n) is 14.7. The first-order chi connectivity index (χ1) is 10.8. The number of likely N-dealkylation sites (N-methyl/N-ethyl adjacent to an activating group) is 1. The molecular formula is C16H29NO6. The van der Waals surface area contributed by atoms with E-state index in [0.717, 1.165) is 6.54 Å². The highest BCUT2D eigenvalue weighted by Crippen LogP contribution is 2.42. The van der Waals surface area contributed by atoms with Crippen LogP contribution < -0.4 is 0 Å². The van der Waals surface area contributed by atoms with Crippen molar-refractivity contribution in [3.63, 3.8) is 0 Å². The molecule has 0 spiro atoms. The van der Waals surface area contributed by atoms with Crippen LogP contribution in [0.5, 0.6) is 0 Å². The smallest absolute Gasteiger partial charge is 0.189 e. The van der Waals surface area contributed by atoms with Gasteiger partial charge in [0.05, 0.1) is 19.3 Å². The van der Waals surface area contributed by atoms with E-state index >= 15 is 0 Å². The SMILES string of the molecule is CCN(CCO)C1C(C2COC(C)(C)O2)OC2OC(C)(C)OC21. The summed E-state index contributed by atoms with van der Waals surface area (Å²) in [6, 6.07) is -0.0403. The van der Waals surface area contributed by atoms with E-state index in [-0.39, 0.29) is 31.0 Å². The summed E-state index contributed by atoms with van der Waals surface area (Å²) in [5, 5.41) is 9.40. The average Bonchev–Trinajstić information content (AvgIpc) is 3.05. The van der Waals surface area contributed by atoms with Crippen molar-refractivity contribution in [2.24, 2.45) is 0 Å². The second-order valence-corrected chi connectivity index (χ2v) is 7.28. The summed E-state index contributed by atoms with van der Waals surface area (Å²) in [5.41, 5.74) is 0. The number of aliphatic hydroxyl groups is 1. The molecule has 7 nitrogen and oxygen atoms in total. The van der Waals surface area contributed by atoms with Crippen LogP contribution in [0, 0.1) is 0 Å². The summed E-state index contributed by atoms with van der Waals surface area (Å²) >= 11 is 0. The van der Waals surface area contributed by atoms with E-state index in [4.69, 9.17) is 23.7 Å². The van der Waals surface area contributed by atoms with Crippen LogP contribution in [0.3, 0.4) is 0 Å². The van der Waals surface area contributed by atoms with Gasteiger partial charge < -0.3 is 28.8 Å². The van der Waals surface area contributed by atoms with Gasteiger partial charge in [-0.25, -0.2) is 0 Å². The van der Waals surface area contributed by atoms with Gasteiger partial charge in [0.2, 0.25) is 0 Å². The maximum atomic E-state index is 9.40. The molecule has 5 atom stereocenters. The highest BCUT2D eigenvalue weighted by Gasteiger charge is 2.59. The molecule has 3 rings (SSSR count). The van der Waals surface area contributed by atoms with Crippen molar-refractivity contribution in [1.82, 2.24) is 4.90 Å². The molecule has 23 heavy (non-hydrogen) atoms. The van der Waals surface area contributed by atoms with Crippen LogP contribution >= 0.6 is 0 Å². The van der Waals surface area contributed by atoms with Gasteiger partial charge in [0.15, 0.2) is 17.9 Å². The third-order valence-electron chi connectivity index (χ3n) is 4.66. The van der Waals surface area contributed by atoms with Gasteiger partial charge in [0.25, 0.3) is 0 Å². The monoisotopic (exact) mass is 331 g/mol. The zero-order valence-corrected chi connectivity index (χ0v) is 14.7. The molecule has 3 aliphatic heterocycles. The Labute approximate surface area is 137 Å². The van der Waals surface area contributed by atoms with Gasteiger partial charge in [0.1, 0.15) is 18.3 Å². The minimum absolute atomic E-state index is 0.0403. The van der Waals surface area contributed by atoms with E-state index in [1.165, 1.54) is 0 Å². The first kappa shape index (κ1) is 17.5. The van der Waals surface area contributed by atoms with Crippen LogP contribution in [-0.2, 0) is 23.7 Å². The van der Waals surface area contributed by atoms with Gasteiger partial charge in [0, 0.05) is 6.54 Å². The van der Waals surface area contributed by atoms with E-state index in [1.54, 1.807) is 0 Å². The first-order valence-corrected chi connectivity index (χ1v) is 8.44. The van der Waals surface area contributed by atoms with Gasteiger partial charge in [-0.05, 0) is 34.2 Å². The van der Waals surface area contributed by atoms with Crippen molar-refractivity contribution < 1.29 is 28.8 Å². The molecule has 3 fully saturated rings. The summed E-state index contributed by atoms with van der Waals surface area (Å²) in [7, 11) is 0. The van der Waals surface area contributed by atoms with E-state index in [1.807, 2.05) is 27.7 Å². The molecule has 3 aliphatic rings. The molecule has 0 radical (unpaired) electrons. The maximum absolute atomic E-state index is 9.40. The Balaban J connectivity index is 1.81. The lowest BCUT2D eigenvalue weighted by atomic mass is 10.0. The van der Waals surface area contributed by atoms with Gasteiger partial charge in [-0.15, -0.1) is 0 Å². The Morgan fingerprint density at radius 2 is 1.78 bits per heavy atom. The molecule has 7 heteroatoms. The molecule has 3 heterocycles.